The summed E-state index contributed by atoms with van der Waals surface area (Å²) in [6, 6.07) is 43.8. The van der Waals surface area contributed by atoms with Gasteiger partial charge in [0.2, 0.25) is 0 Å². The molecule has 0 atom stereocenters. The average molecular weight is 380 g/mol. The molecule has 0 saturated heterocycles. The molecule has 0 N–H and O–H groups in total. The maximum atomic E-state index is 2.35. The molecule has 0 unspecified atom stereocenters. The van der Waals surface area contributed by atoms with Crippen LogP contribution in [-0.2, 0) is 0 Å². The lowest BCUT2D eigenvalue weighted by atomic mass is 9.90. The molecule has 0 heterocycles. The topological polar surface area (TPSA) is 0 Å². The normalized spacial score (nSPS) is 11.3. The van der Waals surface area contributed by atoms with Crippen LogP contribution in [0, 0.1) is 0 Å². The molecule has 0 aliphatic heterocycles. The summed E-state index contributed by atoms with van der Waals surface area (Å²) < 4.78 is 0. The Morgan fingerprint density at radius 2 is 0.600 bits per heavy atom. The third-order valence-electron chi connectivity index (χ3n) is 6.05. The van der Waals surface area contributed by atoms with E-state index in [9.17, 15) is 0 Å². The Balaban J connectivity index is 1.71. The fourth-order valence-electron chi connectivity index (χ4n) is 4.58. The summed E-state index contributed by atoms with van der Waals surface area (Å²) in [4.78, 5) is 0. The summed E-state index contributed by atoms with van der Waals surface area (Å²) in [5.74, 6) is 0. The van der Waals surface area contributed by atoms with Gasteiger partial charge in [0.1, 0.15) is 0 Å². The number of hydrogen-bond acceptors (Lipinski definition) is 0. The molecule has 30 heavy (non-hydrogen) atoms. The number of benzene rings is 6. The zero-order valence-electron chi connectivity index (χ0n) is 16.5. The van der Waals surface area contributed by atoms with Crippen LogP contribution in [0.4, 0.5) is 0 Å². The molecule has 0 radical (unpaired) electrons. The van der Waals surface area contributed by atoms with Crippen molar-refractivity contribution in [2.24, 2.45) is 0 Å². The Morgan fingerprint density at radius 3 is 1.10 bits per heavy atom. The molecule has 0 heteroatoms. The molecule has 0 aliphatic rings. The van der Waals surface area contributed by atoms with Gasteiger partial charge in [-0.2, -0.15) is 0 Å². The number of hydrogen-bond donors (Lipinski definition) is 0. The second-order valence-corrected chi connectivity index (χ2v) is 7.80. The lowest BCUT2D eigenvalue weighted by Gasteiger charge is -2.13. The van der Waals surface area contributed by atoms with Gasteiger partial charge in [-0.3, -0.25) is 0 Å². The molecule has 6 aromatic rings. The average Bonchev–Trinajstić information content (AvgIpc) is 2.84. The predicted octanol–water partition coefficient (Wildman–Crippen LogP) is 8.48. The third-order valence-corrected chi connectivity index (χ3v) is 6.05. The van der Waals surface area contributed by atoms with Gasteiger partial charge in [0.25, 0.3) is 0 Å². The van der Waals surface area contributed by atoms with Crippen molar-refractivity contribution < 1.29 is 0 Å². The molecule has 6 aromatic carbocycles. The van der Waals surface area contributed by atoms with E-state index in [1.807, 2.05) is 0 Å². The van der Waals surface area contributed by atoms with Crippen LogP contribution in [0.1, 0.15) is 0 Å². The van der Waals surface area contributed by atoms with Crippen LogP contribution < -0.4 is 0 Å². The highest BCUT2D eigenvalue weighted by molar-refractivity contribution is 6.26. The minimum atomic E-state index is 1.25. The molecule has 0 nitrogen and oxygen atoms in total. The van der Waals surface area contributed by atoms with Gasteiger partial charge < -0.3 is 0 Å². The van der Waals surface area contributed by atoms with E-state index in [-0.39, 0.29) is 0 Å². The zero-order chi connectivity index (χ0) is 19.9. The third kappa shape index (κ3) is 2.69. The Bertz CT molecular complexity index is 1430. The quantitative estimate of drug-likeness (QED) is 0.264. The Morgan fingerprint density at radius 1 is 0.233 bits per heavy atom. The Kier molecular flexibility index (Phi) is 3.89. The van der Waals surface area contributed by atoms with Crippen LogP contribution in [0.2, 0.25) is 0 Å². The lowest BCUT2D eigenvalue weighted by Crippen LogP contribution is -1.86. The highest BCUT2D eigenvalue weighted by Gasteiger charge is 2.11. The number of rotatable bonds is 2. The molecule has 0 saturated carbocycles. The standard InChI is InChI=1S/C30H20/c1-3-9-21(10-4-1)23-15-17-27-25-13-7-8-14-26(25)29-19-24(22-11-5-2-6-12-22)16-18-28(29)30(27)20-23/h1-20H. The fraction of sp³-hybridized carbons (Fsp3) is 0. The summed E-state index contributed by atoms with van der Waals surface area (Å²) in [6.07, 6.45) is 0. The summed E-state index contributed by atoms with van der Waals surface area (Å²) >= 11 is 0. The van der Waals surface area contributed by atoms with Crippen molar-refractivity contribution in [2.45, 2.75) is 0 Å². The maximum Gasteiger partial charge on any atom is -0.00928 e. The van der Waals surface area contributed by atoms with Gasteiger partial charge in [0.05, 0.1) is 0 Å². The SMILES string of the molecule is c1ccc(-c2ccc3c(c2)c2ccccc2c2ccc(-c4ccccc4)cc23)cc1. The maximum absolute atomic E-state index is 2.35. The van der Waals surface area contributed by atoms with Gasteiger partial charge in [0, 0.05) is 0 Å². The van der Waals surface area contributed by atoms with Crippen LogP contribution in [-0.4, -0.2) is 0 Å². The highest BCUT2D eigenvalue weighted by Crippen LogP contribution is 2.38. The molecule has 0 bridgehead atoms. The van der Waals surface area contributed by atoms with Crippen LogP contribution in [0.3, 0.4) is 0 Å². The molecule has 0 amide bonds. The highest BCUT2D eigenvalue weighted by atomic mass is 14.1. The second-order valence-electron chi connectivity index (χ2n) is 7.80. The Labute approximate surface area is 176 Å². The summed E-state index contributed by atoms with van der Waals surface area (Å²) in [6.45, 7) is 0. The van der Waals surface area contributed by atoms with Gasteiger partial charge in [-0.05, 0) is 66.7 Å². The minimum Gasteiger partial charge on any atom is -0.0622 e. The van der Waals surface area contributed by atoms with Crippen molar-refractivity contribution in [3.05, 3.63) is 121 Å². The summed E-state index contributed by atoms with van der Waals surface area (Å²) in [5.41, 5.74) is 5.02. The molecule has 0 aromatic heterocycles. The second kappa shape index (κ2) is 6.86. The summed E-state index contributed by atoms with van der Waals surface area (Å²) in [7, 11) is 0. The van der Waals surface area contributed by atoms with E-state index in [4.69, 9.17) is 0 Å². The molecule has 6 rings (SSSR count). The van der Waals surface area contributed by atoms with E-state index in [1.165, 1.54) is 54.6 Å². The fourth-order valence-corrected chi connectivity index (χ4v) is 4.58. The van der Waals surface area contributed by atoms with Crippen molar-refractivity contribution in [3.8, 4) is 22.3 Å². The van der Waals surface area contributed by atoms with Gasteiger partial charge in [-0.15, -0.1) is 0 Å². The molecule has 0 aliphatic carbocycles. The van der Waals surface area contributed by atoms with E-state index in [0.29, 0.717) is 0 Å². The van der Waals surface area contributed by atoms with Crippen molar-refractivity contribution in [1.82, 2.24) is 0 Å². The van der Waals surface area contributed by atoms with Crippen molar-refractivity contribution >= 4 is 32.3 Å². The molecular formula is C30H20. The largest absolute Gasteiger partial charge is 0.0622 e. The van der Waals surface area contributed by atoms with E-state index in [2.05, 4.69) is 121 Å². The van der Waals surface area contributed by atoms with Gasteiger partial charge >= 0.3 is 0 Å². The van der Waals surface area contributed by atoms with Crippen molar-refractivity contribution in [1.29, 1.82) is 0 Å². The smallest absolute Gasteiger partial charge is 0.00928 e. The van der Waals surface area contributed by atoms with Gasteiger partial charge in [0.15, 0.2) is 0 Å². The first-order valence-corrected chi connectivity index (χ1v) is 10.4. The van der Waals surface area contributed by atoms with E-state index in [0.717, 1.165) is 0 Å². The molecular weight excluding hydrogens is 360 g/mol. The van der Waals surface area contributed by atoms with Gasteiger partial charge in [-0.1, -0.05) is 109 Å². The number of fused-ring (bicyclic) bond motifs is 6. The van der Waals surface area contributed by atoms with Crippen LogP contribution in [0.25, 0.3) is 54.6 Å². The Hall–Kier alpha value is -3.90. The monoisotopic (exact) mass is 380 g/mol. The predicted molar refractivity (Wildman–Crippen MR) is 130 cm³/mol. The van der Waals surface area contributed by atoms with E-state index >= 15 is 0 Å². The first-order valence-electron chi connectivity index (χ1n) is 10.4. The first kappa shape index (κ1) is 17.0. The minimum absolute atomic E-state index is 1.25. The summed E-state index contributed by atoms with van der Waals surface area (Å²) in [5, 5.41) is 7.86. The first-order chi connectivity index (χ1) is 14.9. The van der Waals surface area contributed by atoms with Crippen molar-refractivity contribution in [2.75, 3.05) is 0 Å². The van der Waals surface area contributed by atoms with Crippen molar-refractivity contribution in [3.63, 3.8) is 0 Å². The lowest BCUT2D eigenvalue weighted by molar-refractivity contribution is 1.64. The molecule has 140 valence electrons. The van der Waals surface area contributed by atoms with Crippen LogP contribution >= 0.6 is 0 Å². The molecule has 0 spiro atoms. The van der Waals surface area contributed by atoms with Crippen LogP contribution in [0.15, 0.2) is 121 Å². The van der Waals surface area contributed by atoms with Crippen LogP contribution in [0.5, 0.6) is 0 Å². The molecule has 0 fully saturated rings. The van der Waals surface area contributed by atoms with E-state index in [1.54, 1.807) is 0 Å². The van der Waals surface area contributed by atoms with Gasteiger partial charge in [-0.25, -0.2) is 0 Å². The zero-order valence-corrected chi connectivity index (χ0v) is 16.5. The van der Waals surface area contributed by atoms with E-state index < -0.39 is 0 Å².